The van der Waals surface area contributed by atoms with Gasteiger partial charge >= 0.3 is 0 Å². The minimum absolute atomic E-state index is 0.167. The van der Waals surface area contributed by atoms with Crippen LogP contribution in [0.15, 0.2) is 41.3 Å². The molecule has 5 heteroatoms. The fourth-order valence-electron chi connectivity index (χ4n) is 1.97. The summed E-state index contributed by atoms with van der Waals surface area (Å²) in [6.07, 6.45) is 5.50. The van der Waals surface area contributed by atoms with Crippen molar-refractivity contribution in [1.29, 1.82) is 0 Å². The Morgan fingerprint density at radius 3 is 2.47 bits per heavy atom. The molecule has 0 N–H and O–H groups in total. The van der Waals surface area contributed by atoms with Crippen molar-refractivity contribution in [2.24, 2.45) is 0 Å². The summed E-state index contributed by atoms with van der Waals surface area (Å²) in [5.74, 6) is -0.458. The molecule has 1 amide bonds. The first-order chi connectivity index (χ1) is 9.01. The predicted octanol–water partition coefficient (Wildman–Crippen LogP) is 2.25. The van der Waals surface area contributed by atoms with Gasteiger partial charge in [0.2, 0.25) is 0 Å². The number of hydrogen-bond donors (Lipinski definition) is 0. The third-order valence-corrected chi connectivity index (χ3v) is 4.91. The summed E-state index contributed by atoms with van der Waals surface area (Å²) >= 11 is 0. The van der Waals surface area contributed by atoms with Crippen LogP contribution in [0.25, 0.3) is 0 Å². The first-order valence-electron chi connectivity index (χ1n) is 6.32. The van der Waals surface area contributed by atoms with Crippen LogP contribution in [0.4, 0.5) is 0 Å². The number of rotatable bonds is 2. The van der Waals surface area contributed by atoms with E-state index in [1.807, 2.05) is 6.92 Å². The fraction of sp³-hybridized carbons (Fsp3) is 0.357. The summed E-state index contributed by atoms with van der Waals surface area (Å²) in [6, 6.07) is 6.55. The van der Waals surface area contributed by atoms with Crippen molar-refractivity contribution in [3.63, 3.8) is 0 Å². The highest BCUT2D eigenvalue weighted by molar-refractivity contribution is 7.89. The second-order valence-electron chi connectivity index (χ2n) is 4.63. The van der Waals surface area contributed by atoms with E-state index in [2.05, 4.69) is 0 Å². The van der Waals surface area contributed by atoms with E-state index in [1.165, 1.54) is 6.08 Å². The minimum Gasteiger partial charge on any atom is -0.269 e. The number of benzene rings is 1. The molecule has 0 bridgehead atoms. The summed E-state index contributed by atoms with van der Waals surface area (Å²) < 4.78 is 25.9. The molecule has 2 rings (SSSR count). The molecule has 19 heavy (non-hydrogen) atoms. The molecule has 4 nitrogen and oxygen atoms in total. The van der Waals surface area contributed by atoms with Crippen LogP contribution in [0, 0.1) is 6.92 Å². The number of nitrogens with zero attached hydrogens (tertiary/aromatic N) is 1. The standard InChI is InChI=1S/C14H17NO3S/c1-12-7-9-13(10-8-12)19(17,18)15-11-5-3-2-4-6-14(15)16/h4,6-10H,2-3,5,11H2,1H3/b6-4-. The van der Waals surface area contributed by atoms with Crippen molar-refractivity contribution in [2.75, 3.05) is 6.54 Å². The zero-order valence-corrected chi connectivity index (χ0v) is 11.7. The van der Waals surface area contributed by atoms with Gasteiger partial charge in [-0.05, 0) is 38.3 Å². The molecule has 0 atom stereocenters. The Hall–Kier alpha value is -1.62. The Kier molecular flexibility index (Phi) is 4.04. The molecule has 1 aliphatic rings. The minimum atomic E-state index is -3.73. The van der Waals surface area contributed by atoms with E-state index in [0.717, 1.165) is 22.7 Å². The van der Waals surface area contributed by atoms with Crippen LogP contribution < -0.4 is 0 Å². The van der Waals surface area contributed by atoms with Crippen LogP contribution in [-0.4, -0.2) is 25.2 Å². The molecule has 1 aliphatic heterocycles. The second kappa shape index (κ2) is 5.57. The highest BCUT2D eigenvalue weighted by Gasteiger charge is 2.27. The molecule has 0 saturated carbocycles. The summed E-state index contributed by atoms with van der Waals surface area (Å²) in [7, 11) is -3.73. The second-order valence-corrected chi connectivity index (χ2v) is 6.49. The van der Waals surface area contributed by atoms with Crippen molar-refractivity contribution in [3.05, 3.63) is 42.0 Å². The average molecular weight is 279 g/mol. The molecule has 0 radical (unpaired) electrons. The van der Waals surface area contributed by atoms with E-state index >= 15 is 0 Å². The van der Waals surface area contributed by atoms with Gasteiger partial charge < -0.3 is 0 Å². The van der Waals surface area contributed by atoms with Crippen LogP contribution in [0.2, 0.25) is 0 Å². The Morgan fingerprint density at radius 2 is 1.79 bits per heavy atom. The largest absolute Gasteiger partial charge is 0.269 e. The third kappa shape index (κ3) is 3.04. The topological polar surface area (TPSA) is 54.5 Å². The van der Waals surface area contributed by atoms with Crippen LogP contribution >= 0.6 is 0 Å². The molecular formula is C14H17NO3S. The molecule has 0 spiro atoms. The molecule has 0 fully saturated rings. The Labute approximate surface area is 113 Å². The number of aryl methyl sites for hydroxylation is 1. The maximum Gasteiger partial charge on any atom is 0.266 e. The van der Waals surface area contributed by atoms with Crippen LogP contribution in [-0.2, 0) is 14.8 Å². The zero-order valence-electron chi connectivity index (χ0n) is 10.9. The molecule has 0 aromatic heterocycles. The number of allylic oxidation sites excluding steroid dienone is 1. The molecule has 102 valence electrons. The van der Waals surface area contributed by atoms with Gasteiger partial charge in [0, 0.05) is 12.6 Å². The van der Waals surface area contributed by atoms with Gasteiger partial charge in [0.15, 0.2) is 0 Å². The number of amides is 1. The summed E-state index contributed by atoms with van der Waals surface area (Å²) in [6.45, 7) is 2.14. The van der Waals surface area contributed by atoms with E-state index in [0.29, 0.717) is 6.42 Å². The van der Waals surface area contributed by atoms with Gasteiger partial charge in [-0.25, -0.2) is 12.7 Å². The number of carbonyl (C=O) groups is 1. The summed E-state index contributed by atoms with van der Waals surface area (Å²) in [5, 5.41) is 0. The van der Waals surface area contributed by atoms with Crippen molar-refractivity contribution >= 4 is 15.9 Å². The molecule has 1 aromatic carbocycles. The van der Waals surface area contributed by atoms with Crippen LogP contribution in [0.3, 0.4) is 0 Å². The molecule has 1 aromatic rings. The Bertz CT molecular complexity index is 588. The van der Waals surface area contributed by atoms with Crippen molar-refractivity contribution in [2.45, 2.75) is 31.1 Å². The van der Waals surface area contributed by atoms with Crippen molar-refractivity contribution < 1.29 is 13.2 Å². The number of carbonyl (C=O) groups excluding carboxylic acids is 1. The third-order valence-electron chi connectivity index (χ3n) is 3.10. The van der Waals surface area contributed by atoms with E-state index in [4.69, 9.17) is 0 Å². The van der Waals surface area contributed by atoms with Gasteiger partial charge in [-0.3, -0.25) is 4.79 Å². The van der Waals surface area contributed by atoms with Crippen LogP contribution in [0.5, 0.6) is 0 Å². The highest BCUT2D eigenvalue weighted by atomic mass is 32.2. The lowest BCUT2D eigenvalue weighted by atomic mass is 10.2. The van der Waals surface area contributed by atoms with E-state index in [1.54, 1.807) is 30.3 Å². The lowest BCUT2D eigenvalue weighted by molar-refractivity contribution is -0.121. The maximum atomic E-state index is 12.4. The number of sulfonamides is 1. The smallest absolute Gasteiger partial charge is 0.266 e. The van der Waals surface area contributed by atoms with Gasteiger partial charge in [0.05, 0.1) is 4.90 Å². The zero-order chi connectivity index (χ0) is 13.9. The number of hydrogen-bond acceptors (Lipinski definition) is 3. The lowest BCUT2D eigenvalue weighted by Gasteiger charge is -2.22. The van der Waals surface area contributed by atoms with Gasteiger partial charge in [0.25, 0.3) is 15.9 Å². The normalized spacial score (nSPS) is 18.8. The van der Waals surface area contributed by atoms with Gasteiger partial charge in [-0.2, -0.15) is 0 Å². The van der Waals surface area contributed by atoms with Crippen molar-refractivity contribution in [3.8, 4) is 0 Å². The molecular weight excluding hydrogens is 262 g/mol. The van der Waals surface area contributed by atoms with Crippen molar-refractivity contribution in [1.82, 2.24) is 4.31 Å². The van der Waals surface area contributed by atoms with Gasteiger partial charge in [-0.15, -0.1) is 0 Å². The van der Waals surface area contributed by atoms with E-state index < -0.39 is 15.9 Å². The SMILES string of the molecule is Cc1ccc(S(=O)(=O)N2CCCC/C=C\C2=O)cc1. The van der Waals surface area contributed by atoms with Gasteiger partial charge in [0.1, 0.15) is 0 Å². The molecule has 0 saturated heterocycles. The summed E-state index contributed by atoms with van der Waals surface area (Å²) in [4.78, 5) is 12.1. The van der Waals surface area contributed by atoms with Gasteiger partial charge in [-0.1, -0.05) is 23.8 Å². The highest BCUT2D eigenvalue weighted by Crippen LogP contribution is 2.19. The van der Waals surface area contributed by atoms with E-state index in [9.17, 15) is 13.2 Å². The van der Waals surface area contributed by atoms with E-state index in [-0.39, 0.29) is 11.4 Å². The summed E-state index contributed by atoms with van der Waals surface area (Å²) in [5.41, 5.74) is 0.984. The molecule has 0 unspecified atom stereocenters. The molecule has 1 heterocycles. The monoisotopic (exact) mass is 279 g/mol. The van der Waals surface area contributed by atoms with Crippen LogP contribution in [0.1, 0.15) is 24.8 Å². The predicted molar refractivity (Wildman–Crippen MR) is 73.1 cm³/mol. The Balaban J connectivity index is 2.36. The fourth-order valence-corrected chi connectivity index (χ4v) is 3.37. The maximum absolute atomic E-state index is 12.4. The quantitative estimate of drug-likeness (QED) is 0.834. The average Bonchev–Trinajstić information content (AvgIpc) is 2.34. The molecule has 0 aliphatic carbocycles. The Morgan fingerprint density at radius 1 is 1.11 bits per heavy atom. The lowest BCUT2D eigenvalue weighted by Crippen LogP contribution is -2.37. The first-order valence-corrected chi connectivity index (χ1v) is 7.76. The first kappa shape index (κ1) is 13.8.